The first-order chi connectivity index (χ1) is 12.1. The highest BCUT2D eigenvalue weighted by Gasteiger charge is 2.14. The number of aromatic nitrogens is 1. The van der Waals surface area contributed by atoms with Crippen LogP contribution in [0.5, 0.6) is 5.75 Å². The van der Waals surface area contributed by atoms with E-state index < -0.39 is 0 Å². The number of thiazole rings is 1. The summed E-state index contributed by atoms with van der Waals surface area (Å²) in [6.07, 6.45) is 0. The zero-order chi connectivity index (χ0) is 17.6. The van der Waals surface area contributed by atoms with E-state index in [4.69, 9.17) is 4.74 Å². The predicted molar refractivity (Wildman–Crippen MR) is 95.2 cm³/mol. The average Bonchev–Trinajstić information content (AvgIpc) is 3.11. The van der Waals surface area contributed by atoms with Gasteiger partial charge in [-0.1, -0.05) is 30.3 Å². The van der Waals surface area contributed by atoms with Crippen LogP contribution < -0.4 is 10.1 Å². The summed E-state index contributed by atoms with van der Waals surface area (Å²) in [5.41, 5.74) is 1.40. The molecule has 2 aromatic carbocycles. The number of benzene rings is 2. The third kappa shape index (κ3) is 4.64. The van der Waals surface area contributed by atoms with Crippen LogP contribution in [0.15, 0.2) is 60.0 Å². The van der Waals surface area contributed by atoms with Gasteiger partial charge in [-0.2, -0.15) is 0 Å². The fourth-order valence-electron chi connectivity index (χ4n) is 2.25. The van der Waals surface area contributed by atoms with E-state index in [9.17, 15) is 9.18 Å². The summed E-state index contributed by atoms with van der Waals surface area (Å²) in [4.78, 5) is 16.6. The number of halogens is 1. The van der Waals surface area contributed by atoms with Crippen molar-refractivity contribution in [3.8, 4) is 5.75 Å². The number of ether oxygens (including phenoxy) is 1. The standard InChI is InChI=1S/C19H17FN2O2S/c1-13(14-5-3-2-4-6-14)21-19(23)17-12-25-18(22-17)11-24-16-9-7-15(20)8-10-16/h2-10,12-13H,11H2,1H3,(H,21,23)/t13-/m0/s1. The van der Waals surface area contributed by atoms with Gasteiger partial charge in [0.15, 0.2) is 0 Å². The molecule has 3 rings (SSSR count). The molecule has 0 unspecified atom stereocenters. The van der Waals surface area contributed by atoms with Gasteiger partial charge in [0, 0.05) is 5.38 Å². The highest BCUT2D eigenvalue weighted by molar-refractivity contribution is 7.09. The Morgan fingerprint density at radius 1 is 1.20 bits per heavy atom. The van der Waals surface area contributed by atoms with E-state index in [1.807, 2.05) is 37.3 Å². The molecule has 0 saturated carbocycles. The first-order valence-corrected chi connectivity index (χ1v) is 8.68. The third-order valence-electron chi connectivity index (χ3n) is 3.61. The van der Waals surface area contributed by atoms with Crippen molar-refractivity contribution in [3.63, 3.8) is 0 Å². The highest BCUT2D eigenvalue weighted by Crippen LogP contribution is 2.17. The second-order valence-corrected chi connectivity index (χ2v) is 6.42. The molecule has 25 heavy (non-hydrogen) atoms. The maximum atomic E-state index is 12.9. The van der Waals surface area contributed by atoms with Gasteiger partial charge in [0.1, 0.15) is 28.9 Å². The molecule has 0 radical (unpaired) electrons. The van der Waals surface area contributed by atoms with E-state index in [2.05, 4.69) is 10.3 Å². The van der Waals surface area contributed by atoms with Crippen LogP contribution in [0.4, 0.5) is 4.39 Å². The molecule has 4 nitrogen and oxygen atoms in total. The van der Waals surface area contributed by atoms with Gasteiger partial charge < -0.3 is 10.1 Å². The molecule has 0 saturated heterocycles. The SMILES string of the molecule is C[C@H](NC(=O)c1csc(COc2ccc(F)cc2)n1)c1ccccc1. The second kappa shape index (κ2) is 7.90. The Balaban J connectivity index is 1.57. The van der Waals surface area contributed by atoms with E-state index in [0.717, 1.165) is 5.56 Å². The Hall–Kier alpha value is -2.73. The topological polar surface area (TPSA) is 51.2 Å². The lowest BCUT2D eigenvalue weighted by Gasteiger charge is -2.13. The van der Waals surface area contributed by atoms with Crippen LogP contribution >= 0.6 is 11.3 Å². The average molecular weight is 356 g/mol. The molecule has 0 aliphatic heterocycles. The number of hydrogen-bond acceptors (Lipinski definition) is 4. The van der Waals surface area contributed by atoms with Gasteiger partial charge >= 0.3 is 0 Å². The quantitative estimate of drug-likeness (QED) is 0.714. The van der Waals surface area contributed by atoms with Crippen molar-refractivity contribution in [2.45, 2.75) is 19.6 Å². The Labute approximate surface area is 149 Å². The molecule has 0 spiro atoms. The van der Waals surface area contributed by atoms with Crippen molar-refractivity contribution in [1.29, 1.82) is 0 Å². The molecular formula is C19H17FN2O2S. The summed E-state index contributed by atoms with van der Waals surface area (Å²) in [7, 11) is 0. The summed E-state index contributed by atoms with van der Waals surface area (Å²) in [5, 5.41) is 5.32. The van der Waals surface area contributed by atoms with Crippen LogP contribution in [-0.4, -0.2) is 10.9 Å². The molecule has 1 N–H and O–H groups in total. The molecule has 1 atom stereocenters. The molecular weight excluding hydrogens is 339 g/mol. The summed E-state index contributed by atoms with van der Waals surface area (Å²) in [5.74, 6) is 0.0222. The van der Waals surface area contributed by atoms with Gasteiger partial charge in [-0.25, -0.2) is 9.37 Å². The minimum Gasteiger partial charge on any atom is -0.486 e. The monoisotopic (exact) mass is 356 g/mol. The lowest BCUT2D eigenvalue weighted by atomic mass is 10.1. The fraction of sp³-hybridized carbons (Fsp3) is 0.158. The second-order valence-electron chi connectivity index (χ2n) is 5.47. The number of hydrogen-bond donors (Lipinski definition) is 1. The normalized spacial score (nSPS) is 11.8. The summed E-state index contributed by atoms with van der Waals surface area (Å²) < 4.78 is 18.4. The molecule has 0 bridgehead atoms. The largest absolute Gasteiger partial charge is 0.486 e. The number of amides is 1. The van der Waals surface area contributed by atoms with Crippen molar-refractivity contribution >= 4 is 17.2 Å². The first kappa shape index (κ1) is 17.1. The molecule has 1 heterocycles. The molecule has 128 valence electrons. The van der Waals surface area contributed by atoms with Gasteiger partial charge in [0.25, 0.3) is 5.91 Å². The highest BCUT2D eigenvalue weighted by atomic mass is 32.1. The van der Waals surface area contributed by atoms with E-state index >= 15 is 0 Å². The van der Waals surface area contributed by atoms with Crippen LogP contribution in [0.1, 0.15) is 34.0 Å². The molecule has 0 fully saturated rings. The van der Waals surface area contributed by atoms with E-state index in [-0.39, 0.29) is 24.4 Å². The third-order valence-corrected chi connectivity index (χ3v) is 4.43. The Morgan fingerprint density at radius 2 is 1.92 bits per heavy atom. The number of nitrogens with zero attached hydrogens (tertiary/aromatic N) is 1. The van der Waals surface area contributed by atoms with Gasteiger partial charge in [-0.15, -0.1) is 11.3 Å². The van der Waals surface area contributed by atoms with Crippen LogP contribution in [0.3, 0.4) is 0 Å². The van der Waals surface area contributed by atoms with E-state index in [0.29, 0.717) is 16.5 Å². The van der Waals surface area contributed by atoms with Crippen LogP contribution in [0.25, 0.3) is 0 Å². The Bertz CT molecular complexity index is 834. The first-order valence-electron chi connectivity index (χ1n) is 7.80. The Morgan fingerprint density at radius 3 is 2.64 bits per heavy atom. The van der Waals surface area contributed by atoms with Crippen molar-refractivity contribution in [1.82, 2.24) is 10.3 Å². The maximum absolute atomic E-state index is 12.9. The molecule has 0 aliphatic rings. The number of carbonyl (C=O) groups excluding carboxylic acids is 1. The van der Waals surface area contributed by atoms with E-state index in [1.165, 1.54) is 23.5 Å². The Kier molecular flexibility index (Phi) is 5.40. The predicted octanol–water partition coefficient (Wildman–Crippen LogP) is 4.35. The lowest BCUT2D eigenvalue weighted by molar-refractivity contribution is 0.0935. The van der Waals surface area contributed by atoms with Crippen molar-refractivity contribution < 1.29 is 13.9 Å². The van der Waals surface area contributed by atoms with Gasteiger partial charge in [0.2, 0.25) is 0 Å². The molecule has 3 aromatic rings. The van der Waals surface area contributed by atoms with Crippen LogP contribution in [0.2, 0.25) is 0 Å². The number of rotatable bonds is 6. The molecule has 6 heteroatoms. The van der Waals surface area contributed by atoms with Crippen LogP contribution in [0, 0.1) is 5.82 Å². The zero-order valence-electron chi connectivity index (χ0n) is 13.6. The maximum Gasteiger partial charge on any atom is 0.271 e. The zero-order valence-corrected chi connectivity index (χ0v) is 14.4. The summed E-state index contributed by atoms with van der Waals surface area (Å²) in [6, 6.07) is 15.4. The van der Waals surface area contributed by atoms with Gasteiger partial charge in [-0.3, -0.25) is 4.79 Å². The number of nitrogens with one attached hydrogen (secondary N) is 1. The van der Waals surface area contributed by atoms with E-state index in [1.54, 1.807) is 17.5 Å². The minimum absolute atomic E-state index is 0.102. The smallest absolute Gasteiger partial charge is 0.271 e. The fourth-order valence-corrected chi connectivity index (χ4v) is 2.94. The van der Waals surface area contributed by atoms with Crippen molar-refractivity contribution in [2.24, 2.45) is 0 Å². The van der Waals surface area contributed by atoms with Crippen molar-refractivity contribution in [2.75, 3.05) is 0 Å². The van der Waals surface area contributed by atoms with Gasteiger partial charge in [0.05, 0.1) is 6.04 Å². The lowest BCUT2D eigenvalue weighted by Crippen LogP contribution is -2.26. The van der Waals surface area contributed by atoms with Crippen LogP contribution in [-0.2, 0) is 6.61 Å². The molecule has 0 aliphatic carbocycles. The summed E-state index contributed by atoms with van der Waals surface area (Å²) in [6.45, 7) is 2.16. The minimum atomic E-state index is -0.312. The van der Waals surface area contributed by atoms with Gasteiger partial charge in [-0.05, 0) is 36.8 Å². The van der Waals surface area contributed by atoms with Crippen molar-refractivity contribution in [3.05, 3.63) is 82.1 Å². The number of carbonyl (C=O) groups is 1. The summed E-state index contributed by atoms with van der Waals surface area (Å²) >= 11 is 1.35. The molecule has 1 aromatic heterocycles. The molecule has 1 amide bonds.